The Morgan fingerprint density at radius 3 is 2.68 bits per heavy atom. The highest BCUT2D eigenvalue weighted by Crippen LogP contribution is 2.30. The van der Waals surface area contributed by atoms with Crippen molar-refractivity contribution in [2.75, 3.05) is 34.8 Å². The van der Waals surface area contributed by atoms with Crippen molar-refractivity contribution in [2.24, 2.45) is 12.0 Å². The van der Waals surface area contributed by atoms with Gasteiger partial charge in [-0.1, -0.05) is 0 Å². The lowest BCUT2D eigenvalue weighted by Crippen LogP contribution is -2.41. The molecule has 1 aromatic carbocycles. The van der Waals surface area contributed by atoms with Crippen LogP contribution < -0.4 is 20.1 Å². The van der Waals surface area contributed by atoms with Crippen molar-refractivity contribution in [1.82, 2.24) is 25.3 Å². The number of benzene rings is 1. The molecule has 8 nitrogen and oxygen atoms in total. The zero-order chi connectivity index (χ0) is 22.2. The molecule has 8 heteroatoms. The minimum absolute atomic E-state index is 0.189. The van der Waals surface area contributed by atoms with Crippen molar-refractivity contribution in [1.29, 1.82) is 0 Å². The summed E-state index contributed by atoms with van der Waals surface area (Å²) in [6.45, 7) is 1.33. The first-order chi connectivity index (χ1) is 15.0. The van der Waals surface area contributed by atoms with E-state index in [2.05, 4.69) is 45.8 Å². The fraction of sp³-hybridized carbons (Fsp3) is 0.565. The third-order valence-corrected chi connectivity index (χ3v) is 5.74. The van der Waals surface area contributed by atoms with E-state index in [0.717, 1.165) is 41.4 Å². The Bertz CT molecular complexity index is 858. The highest BCUT2D eigenvalue weighted by molar-refractivity contribution is 5.79. The maximum atomic E-state index is 6.31. The Morgan fingerprint density at radius 1 is 1.29 bits per heavy atom. The second-order valence-electron chi connectivity index (χ2n) is 8.23. The lowest BCUT2D eigenvalue weighted by molar-refractivity contribution is 0.207. The molecule has 1 atom stereocenters. The van der Waals surface area contributed by atoms with Crippen molar-refractivity contribution >= 4 is 5.96 Å². The van der Waals surface area contributed by atoms with Crippen LogP contribution in [0.2, 0.25) is 0 Å². The number of ether oxygens (including phenoxy) is 2. The van der Waals surface area contributed by atoms with Crippen LogP contribution in [0.25, 0.3) is 0 Å². The van der Waals surface area contributed by atoms with Gasteiger partial charge in [-0.15, -0.1) is 0 Å². The number of nitrogens with one attached hydrogen (secondary N) is 2. The quantitative estimate of drug-likeness (QED) is 0.473. The predicted molar refractivity (Wildman–Crippen MR) is 124 cm³/mol. The van der Waals surface area contributed by atoms with Gasteiger partial charge in [0.1, 0.15) is 11.5 Å². The van der Waals surface area contributed by atoms with E-state index in [1.54, 1.807) is 14.2 Å². The van der Waals surface area contributed by atoms with Gasteiger partial charge in [-0.2, -0.15) is 5.10 Å². The molecule has 1 aromatic heterocycles. The van der Waals surface area contributed by atoms with Gasteiger partial charge in [0.2, 0.25) is 0 Å². The molecule has 1 heterocycles. The van der Waals surface area contributed by atoms with Crippen LogP contribution in [0.3, 0.4) is 0 Å². The van der Waals surface area contributed by atoms with Crippen molar-refractivity contribution in [3.05, 3.63) is 41.7 Å². The van der Waals surface area contributed by atoms with Crippen molar-refractivity contribution in [2.45, 2.75) is 44.4 Å². The molecule has 0 saturated heterocycles. The first-order valence-electron chi connectivity index (χ1n) is 10.9. The number of hydrogen-bond donors (Lipinski definition) is 2. The molecule has 0 aliphatic heterocycles. The van der Waals surface area contributed by atoms with Gasteiger partial charge < -0.3 is 25.0 Å². The number of hydrogen-bond acceptors (Lipinski definition) is 5. The highest BCUT2D eigenvalue weighted by atomic mass is 16.5. The molecule has 170 valence electrons. The average molecular weight is 429 g/mol. The standard InChI is InChI=1S/C23H36N6O2/c1-24-23(26-15-21(28(2)3)18-14-27-29(4)16-18)25-13-17-10-11-20(30-5)12-22(17)31-19-8-6-7-9-19/h10-12,14,16,19,21H,6-9,13,15H2,1-5H3,(H2,24,25,26). The van der Waals surface area contributed by atoms with Crippen LogP contribution in [0.5, 0.6) is 11.5 Å². The number of aliphatic imine (C=N–C) groups is 1. The molecule has 1 aliphatic carbocycles. The largest absolute Gasteiger partial charge is 0.497 e. The molecule has 1 unspecified atom stereocenters. The van der Waals surface area contributed by atoms with Crippen LogP contribution in [0, 0.1) is 0 Å². The van der Waals surface area contributed by atoms with Gasteiger partial charge in [-0.3, -0.25) is 9.67 Å². The minimum atomic E-state index is 0.189. The lowest BCUT2D eigenvalue weighted by Gasteiger charge is -2.25. The van der Waals surface area contributed by atoms with Crippen LogP contribution in [0.1, 0.15) is 42.9 Å². The number of methoxy groups -OCH3 is 1. The van der Waals surface area contributed by atoms with Crippen LogP contribution in [0.15, 0.2) is 35.6 Å². The predicted octanol–water partition coefficient (Wildman–Crippen LogP) is 2.72. The Labute approximate surface area is 185 Å². The van der Waals surface area contributed by atoms with Crippen LogP contribution in [-0.2, 0) is 13.6 Å². The van der Waals surface area contributed by atoms with E-state index in [9.17, 15) is 0 Å². The minimum Gasteiger partial charge on any atom is -0.497 e. The van der Waals surface area contributed by atoms with E-state index in [-0.39, 0.29) is 6.04 Å². The third kappa shape index (κ3) is 6.37. The van der Waals surface area contributed by atoms with Gasteiger partial charge in [0.05, 0.1) is 25.5 Å². The molecule has 1 aliphatic rings. The van der Waals surface area contributed by atoms with Crippen LogP contribution in [-0.4, -0.2) is 61.5 Å². The number of rotatable bonds is 9. The Kier molecular flexibility index (Phi) is 8.17. The maximum Gasteiger partial charge on any atom is 0.191 e. The summed E-state index contributed by atoms with van der Waals surface area (Å²) >= 11 is 0. The topological polar surface area (TPSA) is 75.9 Å². The smallest absolute Gasteiger partial charge is 0.191 e. The van der Waals surface area contributed by atoms with E-state index in [4.69, 9.17) is 9.47 Å². The van der Waals surface area contributed by atoms with Crippen molar-refractivity contribution < 1.29 is 9.47 Å². The summed E-state index contributed by atoms with van der Waals surface area (Å²) in [6, 6.07) is 6.20. The monoisotopic (exact) mass is 428 g/mol. The Balaban J connectivity index is 1.62. The third-order valence-electron chi connectivity index (χ3n) is 5.74. The fourth-order valence-corrected chi connectivity index (χ4v) is 3.91. The fourth-order valence-electron chi connectivity index (χ4n) is 3.91. The van der Waals surface area contributed by atoms with Gasteiger partial charge in [0.15, 0.2) is 5.96 Å². The van der Waals surface area contributed by atoms with Gasteiger partial charge in [0.25, 0.3) is 0 Å². The lowest BCUT2D eigenvalue weighted by atomic mass is 10.1. The van der Waals surface area contributed by atoms with E-state index in [1.807, 2.05) is 36.3 Å². The van der Waals surface area contributed by atoms with Gasteiger partial charge in [0, 0.05) is 50.6 Å². The average Bonchev–Trinajstić information content (AvgIpc) is 3.42. The molecular formula is C23H36N6O2. The summed E-state index contributed by atoms with van der Waals surface area (Å²) in [6.07, 6.45) is 8.97. The molecule has 0 spiro atoms. The molecule has 2 aromatic rings. The zero-order valence-corrected chi connectivity index (χ0v) is 19.4. The molecule has 3 rings (SSSR count). The van der Waals surface area contributed by atoms with E-state index < -0.39 is 0 Å². The van der Waals surface area contributed by atoms with Gasteiger partial charge >= 0.3 is 0 Å². The number of nitrogens with zero attached hydrogens (tertiary/aromatic N) is 4. The molecule has 1 fully saturated rings. The summed E-state index contributed by atoms with van der Waals surface area (Å²) in [4.78, 5) is 6.56. The second-order valence-corrected chi connectivity index (χ2v) is 8.23. The normalized spacial score (nSPS) is 15.9. The van der Waals surface area contributed by atoms with E-state index in [0.29, 0.717) is 19.2 Å². The van der Waals surface area contributed by atoms with E-state index >= 15 is 0 Å². The molecule has 0 amide bonds. The SMILES string of the molecule is CN=C(NCc1ccc(OC)cc1OC1CCCC1)NCC(c1cnn(C)c1)N(C)C. The maximum absolute atomic E-state index is 6.31. The Hall–Kier alpha value is -2.74. The first kappa shape index (κ1) is 22.9. The van der Waals surface area contributed by atoms with Gasteiger partial charge in [-0.25, -0.2) is 0 Å². The number of aromatic nitrogens is 2. The van der Waals surface area contributed by atoms with Crippen molar-refractivity contribution in [3.63, 3.8) is 0 Å². The molecule has 1 saturated carbocycles. The molecular weight excluding hydrogens is 392 g/mol. The van der Waals surface area contributed by atoms with Crippen LogP contribution >= 0.6 is 0 Å². The molecule has 0 radical (unpaired) electrons. The molecule has 2 N–H and O–H groups in total. The highest BCUT2D eigenvalue weighted by Gasteiger charge is 2.19. The summed E-state index contributed by atoms with van der Waals surface area (Å²) < 4.78 is 13.5. The summed E-state index contributed by atoms with van der Waals surface area (Å²) in [5, 5.41) is 11.2. The number of aryl methyl sites for hydroxylation is 1. The summed E-state index contributed by atoms with van der Waals surface area (Å²) in [5.41, 5.74) is 2.25. The zero-order valence-electron chi connectivity index (χ0n) is 19.4. The number of likely N-dealkylation sites (N-methyl/N-ethyl adjacent to an activating group) is 1. The summed E-state index contributed by atoms with van der Waals surface area (Å²) in [5.74, 6) is 2.44. The molecule has 0 bridgehead atoms. The Morgan fingerprint density at radius 2 is 2.06 bits per heavy atom. The van der Waals surface area contributed by atoms with Crippen molar-refractivity contribution in [3.8, 4) is 11.5 Å². The number of guanidine groups is 1. The van der Waals surface area contributed by atoms with Gasteiger partial charge in [-0.05, 0) is 51.9 Å². The van der Waals surface area contributed by atoms with Crippen LogP contribution in [0.4, 0.5) is 0 Å². The first-order valence-corrected chi connectivity index (χ1v) is 10.9. The van der Waals surface area contributed by atoms with E-state index in [1.165, 1.54) is 12.8 Å². The second kappa shape index (κ2) is 11.0. The summed E-state index contributed by atoms with van der Waals surface area (Å²) in [7, 11) is 9.54. The molecule has 31 heavy (non-hydrogen) atoms.